The van der Waals surface area contributed by atoms with Crippen molar-refractivity contribution in [2.45, 2.75) is 104 Å². The first-order valence-corrected chi connectivity index (χ1v) is 9.55. The Labute approximate surface area is 138 Å². The van der Waals surface area contributed by atoms with Crippen molar-refractivity contribution >= 4 is 5.97 Å². The molecule has 0 saturated carbocycles. The topological polar surface area (TPSA) is 26.3 Å². The zero-order valence-corrected chi connectivity index (χ0v) is 15.1. The van der Waals surface area contributed by atoms with E-state index in [1.807, 2.05) is 0 Å². The quantitative estimate of drug-likeness (QED) is 0.183. The van der Waals surface area contributed by atoms with E-state index in [9.17, 15) is 4.79 Å². The molecule has 130 valence electrons. The number of carbonyl (C=O) groups is 1. The van der Waals surface area contributed by atoms with E-state index < -0.39 is 0 Å². The third kappa shape index (κ3) is 19.2. The molecule has 0 saturated heterocycles. The highest BCUT2D eigenvalue weighted by molar-refractivity contribution is 5.65. The van der Waals surface area contributed by atoms with E-state index >= 15 is 0 Å². The lowest BCUT2D eigenvalue weighted by molar-refractivity contribution is -0.141. The van der Waals surface area contributed by atoms with Crippen LogP contribution in [0, 0.1) is 0 Å². The van der Waals surface area contributed by atoms with E-state index in [1.54, 1.807) is 0 Å². The van der Waals surface area contributed by atoms with Crippen LogP contribution in [-0.4, -0.2) is 12.6 Å². The van der Waals surface area contributed by atoms with Gasteiger partial charge in [0.1, 0.15) is 0 Å². The summed E-state index contributed by atoms with van der Waals surface area (Å²) in [5.74, 6) is -0.176. The van der Waals surface area contributed by atoms with E-state index in [4.69, 9.17) is 4.74 Å². The molecule has 0 bridgehead atoms. The first-order chi connectivity index (χ1) is 10.8. The van der Waals surface area contributed by atoms with E-state index in [1.165, 1.54) is 84.0 Å². The summed E-state index contributed by atoms with van der Waals surface area (Å²) in [6.07, 6.45) is 23.1. The number of esters is 1. The maximum Gasteiger partial charge on any atom is 0.302 e. The van der Waals surface area contributed by atoms with Gasteiger partial charge in [0.05, 0.1) is 6.61 Å². The van der Waals surface area contributed by atoms with Gasteiger partial charge in [0.2, 0.25) is 0 Å². The first kappa shape index (κ1) is 21.2. The highest BCUT2D eigenvalue weighted by atomic mass is 16.5. The van der Waals surface area contributed by atoms with Gasteiger partial charge >= 0.3 is 5.97 Å². The zero-order valence-electron chi connectivity index (χ0n) is 15.1. The van der Waals surface area contributed by atoms with Crippen molar-refractivity contribution in [1.29, 1.82) is 0 Å². The fraction of sp³-hybridized carbons (Fsp3) is 0.850. The largest absolute Gasteiger partial charge is 0.466 e. The Morgan fingerprint density at radius 3 is 1.68 bits per heavy atom. The molecule has 0 aliphatic rings. The highest BCUT2D eigenvalue weighted by Gasteiger charge is 1.93. The molecule has 0 aromatic carbocycles. The SMILES string of the molecule is CCCCCCCCCCCCC/C=C/CCCOC(C)=O. The lowest BCUT2D eigenvalue weighted by Gasteiger charge is -2.01. The van der Waals surface area contributed by atoms with Gasteiger partial charge in [-0.1, -0.05) is 83.3 Å². The number of hydrogen-bond donors (Lipinski definition) is 0. The smallest absolute Gasteiger partial charge is 0.302 e. The van der Waals surface area contributed by atoms with E-state index in [0.717, 1.165) is 12.8 Å². The molecule has 22 heavy (non-hydrogen) atoms. The third-order valence-corrected chi connectivity index (χ3v) is 3.96. The zero-order chi connectivity index (χ0) is 16.3. The van der Waals surface area contributed by atoms with Crippen LogP contribution in [0.1, 0.15) is 104 Å². The minimum absolute atomic E-state index is 0.176. The van der Waals surface area contributed by atoms with Gasteiger partial charge in [0.25, 0.3) is 0 Å². The third-order valence-electron chi connectivity index (χ3n) is 3.96. The highest BCUT2D eigenvalue weighted by Crippen LogP contribution is 2.12. The number of hydrogen-bond acceptors (Lipinski definition) is 2. The normalized spacial score (nSPS) is 11.2. The molecule has 0 radical (unpaired) electrons. The predicted octanol–water partition coefficient (Wildman–Crippen LogP) is 6.59. The van der Waals surface area contributed by atoms with Crippen LogP contribution in [0.5, 0.6) is 0 Å². The fourth-order valence-electron chi connectivity index (χ4n) is 2.58. The summed E-state index contributed by atoms with van der Waals surface area (Å²) < 4.78 is 4.89. The summed E-state index contributed by atoms with van der Waals surface area (Å²) in [5, 5.41) is 0. The molecule has 0 aliphatic carbocycles. The van der Waals surface area contributed by atoms with Crippen molar-refractivity contribution in [3.8, 4) is 0 Å². The number of rotatable bonds is 16. The molecule has 0 rings (SSSR count). The van der Waals surface area contributed by atoms with Crippen molar-refractivity contribution in [3.63, 3.8) is 0 Å². The van der Waals surface area contributed by atoms with Crippen molar-refractivity contribution in [2.75, 3.05) is 6.61 Å². The Hall–Kier alpha value is -0.790. The molecule has 0 aliphatic heterocycles. The second-order valence-electron chi connectivity index (χ2n) is 6.28. The van der Waals surface area contributed by atoms with Gasteiger partial charge in [0.15, 0.2) is 0 Å². The molecule has 0 aromatic heterocycles. The predicted molar refractivity (Wildman–Crippen MR) is 96.1 cm³/mol. The number of allylic oxidation sites excluding steroid dienone is 2. The minimum atomic E-state index is -0.176. The lowest BCUT2D eigenvalue weighted by Crippen LogP contribution is -1.99. The molecule has 0 aromatic rings. The van der Waals surface area contributed by atoms with Crippen LogP contribution in [0.15, 0.2) is 12.2 Å². The van der Waals surface area contributed by atoms with Gasteiger partial charge in [-0.05, 0) is 25.7 Å². The Kier molecular flexibility index (Phi) is 17.6. The van der Waals surface area contributed by atoms with Crippen molar-refractivity contribution < 1.29 is 9.53 Å². The number of carbonyl (C=O) groups excluding carboxylic acids is 1. The number of unbranched alkanes of at least 4 members (excludes halogenated alkanes) is 12. The summed E-state index contributed by atoms with van der Waals surface area (Å²) in [6.45, 7) is 4.29. The molecule has 0 fully saturated rings. The maximum atomic E-state index is 10.6. The number of ether oxygens (including phenoxy) is 1. The van der Waals surface area contributed by atoms with Crippen molar-refractivity contribution in [3.05, 3.63) is 12.2 Å². The second-order valence-corrected chi connectivity index (χ2v) is 6.28. The van der Waals surface area contributed by atoms with Gasteiger partial charge in [-0.2, -0.15) is 0 Å². The van der Waals surface area contributed by atoms with Crippen molar-refractivity contribution in [2.24, 2.45) is 0 Å². The molecule has 0 amide bonds. The van der Waals surface area contributed by atoms with Gasteiger partial charge in [-0.15, -0.1) is 0 Å². The Morgan fingerprint density at radius 2 is 1.18 bits per heavy atom. The molecule has 0 spiro atoms. The van der Waals surface area contributed by atoms with Gasteiger partial charge < -0.3 is 4.74 Å². The molecule has 2 nitrogen and oxygen atoms in total. The second kappa shape index (κ2) is 18.3. The van der Waals surface area contributed by atoms with Crippen molar-refractivity contribution in [1.82, 2.24) is 0 Å². The molecular weight excluding hydrogens is 272 g/mol. The van der Waals surface area contributed by atoms with Gasteiger partial charge in [-0.3, -0.25) is 4.79 Å². The molecule has 0 heterocycles. The average Bonchev–Trinajstić information content (AvgIpc) is 2.50. The van der Waals surface area contributed by atoms with Crippen LogP contribution >= 0.6 is 0 Å². The van der Waals surface area contributed by atoms with Crippen LogP contribution in [0.2, 0.25) is 0 Å². The Morgan fingerprint density at radius 1 is 0.727 bits per heavy atom. The Balaban J connectivity index is 3.06. The molecule has 0 unspecified atom stereocenters. The summed E-state index contributed by atoms with van der Waals surface area (Å²) in [4.78, 5) is 10.6. The fourth-order valence-corrected chi connectivity index (χ4v) is 2.58. The van der Waals surface area contributed by atoms with E-state index in [2.05, 4.69) is 19.1 Å². The standard InChI is InChI=1S/C20H38O2/c1-3-4-5-6-7-8-9-10-11-12-13-14-15-16-17-18-19-22-20(2)21/h15-16H,3-14,17-19H2,1-2H3/b16-15+. The Bertz CT molecular complexity index is 258. The van der Waals surface area contributed by atoms with E-state index in [0.29, 0.717) is 6.61 Å². The van der Waals surface area contributed by atoms with Gasteiger partial charge in [0, 0.05) is 6.92 Å². The molecular formula is C20H38O2. The van der Waals surface area contributed by atoms with Crippen LogP contribution in [0.25, 0.3) is 0 Å². The van der Waals surface area contributed by atoms with Crippen LogP contribution in [-0.2, 0) is 9.53 Å². The lowest BCUT2D eigenvalue weighted by atomic mass is 10.1. The average molecular weight is 311 g/mol. The van der Waals surface area contributed by atoms with Crippen LogP contribution in [0.4, 0.5) is 0 Å². The van der Waals surface area contributed by atoms with Gasteiger partial charge in [-0.25, -0.2) is 0 Å². The first-order valence-electron chi connectivity index (χ1n) is 9.55. The molecule has 2 heteroatoms. The van der Waals surface area contributed by atoms with Crippen LogP contribution in [0.3, 0.4) is 0 Å². The molecule has 0 N–H and O–H groups in total. The monoisotopic (exact) mass is 310 g/mol. The summed E-state index contributed by atoms with van der Waals surface area (Å²) in [7, 11) is 0. The summed E-state index contributed by atoms with van der Waals surface area (Å²) >= 11 is 0. The summed E-state index contributed by atoms with van der Waals surface area (Å²) in [6, 6.07) is 0. The summed E-state index contributed by atoms with van der Waals surface area (Å²) in [5.41, 5.74) is 0. The maximum absolute atomic E-state index is 10.6. The molecule has 0 atom stereocenters. The van der Waals surface area contributed by atoms with Crippen LogP contribution < -0.4 is 0 Å². The minimum Gasteiger partial charge on any atom is -0.466 e. The van der Waals surface area contributed by atoms with E-state index in [-0.39, 0.29) is 5.97 Å².